The van der Waals surface area contributed by atoms with Gasteiger partial charge in [-0.1, -0.05) is 0 Å². The van der Waals surface area contributed by atoms with Gasteiger partial charge in [0, 0.05) is 18.3 Å². The third-order valence-electron chi connectivity index (χ3n) is 1.52. The lowest BCUT2D eigenvalue weighted by molar-refractivity contribution is -0.118. The minimum absolute atomic E-state index is 0.000370. The smallest absolute Gasteiger partial charge is 0.146 e. The number of nitrogens with one attached hydrogen (secondary N) is 1. The van der Waals surface area contributed by atoms with Crippen molar-refractivity contribution < 1.29 is 4.79 Å². The molecular formula is C7H11N3O. The predicted octanol–water partition coefficient (Wildman–Crippen LogP) is -0.132. The number of carbonyl (C=O) groups is 1. The van der Waals surface area contributed by atoms with E-state index in [1.54, 1.807) is 12.5 Å². The van der Waals surface area contributed by atoms with E-state index in [4.69, 9.17) is 5.73 Å². The first-order valence-corrected chi connectivity index (χ1v) is 3.43. The molecule has 0 bridgehead atoms. The number of nitrogens with zero attached hydrogens (tertiary/aromatic N) is 1. The van der Waals surface area contributed by atoms with Crippen LogP contribution in [0.25, 0.3) is 0 Å². The number of rotatable bonds is 3. The second-order valence-electron chi connectivity index (χ2n) is 2.50. The number of hydrogen-bond acceptors (Lipinski definition) is 3. The van der Waals surface area contributed by atoms with Crippen LogP contribution in [0.4, 0.5) is 0 Å². The second kappa shape index (κ2) is 3.30. The van der Waals surface area contributed by atoms with E-state index in [0.717, 1.165) is 5.69 Å². The quantitative estimate of drug-likeness (QED) is 0.635. The monoisotopic (exact) mass is 153 g/mol. The number of hydrogen-bond donors (Lipinski definition) is 2. The molecule has 0 aromatic carbocycles. The third-order valence-corrected chi connectivity index (χ3v) is 1.52. The first-order chi connectivity index (χ1) is 5.20. The SMILES string of the molecule is CC(=O)[C@@H](N)Cc1cnc[nH]1. The van der Waals surface area contributed by atoms with Crippen LogP contribution < -0.4 is 5.73 Å². The van der Waals surface area contributed by atoms with Gasteiger partial charge in [0.2, 0.25) is 0 Å². The molecular weight excluding hydrogens is 142 g/mol. The number of carbonyl (C=O) groups excluding carboxylic acids is 1. The standard InChI is InChI=1S/C7H11N3O/c1-5(11)7(8)2-6-3-9-4-10-6/h3-4,7H,2,8H2,1H3,(H,9,10)/t7-/m0/s1. The molecule has 0 saturated carbocycles. The average Bonchev–Trinajstić information content (AvgIpc) is 2.39. The highest BCUT2D eigenvalue weighted by molar-refractivity contribution is 5.81. The molecule has 3 N–H and O–H groups in total. The van der Waals surface area contributed by atoms with Crippen LogP contribution >= 0.6 is 0 Å². The van der Waals surface area contributed by atoms with Crippen molar-refractivity contribution in [2.75, 3.05) is 0 Å². The van der Waals surface area contributed by atoms with Crippen molar-refractivity contribution in [3.8, 4) is 0 Å². The maximum Gasteiger partial charge on any atom is 0.146 e. The summed E-state index contributed by atoms with van der Waals surface area (Å²) in [5.41, 5.74) is 6.41. The van der Waals surface area contributed by atoms with Crippen molar-refractivity contribution in [1.82, 2.24) is 9.97 Å². The number of aromatic amines is 1. The van der Waals surface area contributed by atoms with Crippen molar-refractivity contribution in [2.45, 2.75) is 19.4 Å². The average molecular weight is 153 g/mol. The summed E-state index contributed by atoms with van der Waals surface area (Å²) in [5.74, 6) is -0.000370. The highest BCUT2D eigenvalue weighted by Crippen LogP contribution is 1.96. The van der Waals surface area contributed by atoms with Gasteiger partial charge in [-0.05, 0) is 6.92 Å². The van der Waals surface area contributed by atoms with Crippen molar-refractivity contribution >= 4 is 5.78 Å². The van der Waals surface area contributed by atoms with Crippen molar-refractivity contribution in [3.05, 3.63) is 18.2 Å². The van der Waals surface area contributed by atoms with Crippen molar-refractivity contribution in [3.63, 3.8) is 0 Å². The van der Waals surface area contributed by atoms with E-state index in [9.17, 15) is 4.79 Å². The summed E-state index contributed by atoms with van der Waals surface area (Å²) < 4.78 is 0. The Morgan fingerprint density at radius 2 is 2.64 bits per heavy atom. The van der Waals surface area contributed by atoms with Crippen LogP contribution in [0.1, 0.15) is 12.6 Å². The maximum atomic E-state index is 10.7. The Balaban J connectivity index is 2.50. The first kappa shape index (κ1) is 7.94. The molecule has 1 aromatic rings. The summed E-state index contributed by atoms with van der Waals surface area (Å²) in [7, 11) is 0. The molecule has 0 aliphatic carbocycles. The Bertz CT molecular complexity index is 230. The molecule has 0 aliphatic rings. The van der Waals surface area contributed by atoms with Gasteiger partial charge in [0.15, 0.2) is 0 Å². The Kier molecular flexibility index (Phi) is 2.38. The van der Waals surface area contributed by atoms with Gasteiger partial charge in [0.25, 0.3) is 0 Å². The Labute approximate surface area is 64.8 Å². The van der Waals surface area contributed by atoms with Crippen LogP contribution in [0.2, 0.25) is 0 Å². The number of nitrogens with two attached hydrogens (primary N) is 1. The van der Waals surface area contributed by atoms with Gasteiger partial charge in [-0.15, -0.1) is 0 Å². The van der Waals surface area contributed by atoms with Gasteiger partial charge in [-0.2, -0.15) is 0 Å². The molecule has 0 spiro atoms. The van der Waals surface area contributed by atoms with Gasteiger partial charge >= 0.3 is 0 Å². The van der Waals surface area contributed by atoms with E-state index in [-0.39, 0.29) is 5.78 Å². The summed E-state index contributed by atoms with van der Waals surface area (Å²) in [6, 6.07) is -0.407. The molecule has 0 amide bonds. The van der Waals surface area contributed by atoms with Crippen LogP contribution in [-0.2, 0) is 11.2 Å². The van der Waals surface area contributed by atoms with Crippen LogP contribution in [-0.4, -0.2) is 21.8 Å². The summed E-state index contributed by atoms with van der Waals surface area (Å²) in [4.78, 5) is 17.4. The molecule has 4 nitrogen and oxygen atoms in total. The number of Topliss-reactive ketones (excluding diaryl/α,β-unsaturated/α-hetero) is 1. The van der Waals surface area contributed by atoms with Crippen LogP contribution in [0, 0.1) is 0 Å². The number of imidazole rings is 1. The molecule has 0 radical (unpaired) electrons. The molecule has 60 valence electrons. The minimum atomic E-state index is -0.407. The van der Waals surface area contributed by atoms with Gasteiger partial charge in [0.1, 0.15) is 5.78 Å². The number of H-pyrrole nitrogens is 1. The van der Waals surface area contributed by atoms with E-state index in [1.165, 1.54) is 6.92 Å². The summed E-state index contributed by atoms with van der Waals surface area (Å²) >= 11 is 0. The fraction of sp³-hybridized carbons (Fsp3) is 0.429. The first-order valence-electron chi connectivity index (χ1n) is 3.43. The van der Waals surface area contributed by atoms with E-state index in [1.807, 2.05) is 0 Å². The molecule has 0 fully saturated rings. The van der Waals surface area contributed by atoms with Gasteiger partial charge < -0.3 is 10.7 Å². The van der Waals surface area contributed by atoms with E-state index < -0.39 is 6.04 Å². The number of aromatic nitrogens is 2. The van der Waals surface area contributed by atoms with E-state index >= 15 is 0 Å². The highest BCUT2D eigenvalue weighted by Gasteiger charge is 2.08. The normalized spacial score (nSPS) is 12.9. The van der Waals surface area contributed by atoms with E-state index in [2.05, 4.69) is 9.97 Å². The Morgan fingerprint density at radius 3 is 3.09 bits per heavy atom. The highest BCUT2D eigenvalue weighted by atomic mass is 16.1. The molecule has 1 rings (SSSR count). The van der Waals surface area contributed by atoms with Crippen molar-refractivity contribution in [2.24, 2.45) is 5.73 Å². The van der Waals surface area contributed by atoms with Gasteiger partial charge in [0.05, 0.1) is 12.4 Å². The fourth-order valence-electron chi connectivity index (χ4n) is 0.777. The van der Waals surface area contributed by atoms with Crippen LogP contribution in [0.3, 0.4) is 0 Å². The molecule has 0 saturated heterocycles. The van der Waals surface area contributed by atoms with Gasteiger partial charge in [-0.3, -0.25) is 4.79 Å². The largest absolute Gasteiger partial charge is 0.348 e. The zero-order valence-corrected chi connectivity index (χ0v) is 6.37. The Hall–Kier alpha value is -1.16. The molecule has 11 heavy (non-hydrogen) atoms. The number of ketones is 1. The molecule has 1 aromatic heterocycles. The predicted molar refractivity (Wildman–Crippen MR) is 40.9 cm³/mol. The molecule has 0 unspecified atom stereocenters. The summed E-state index contributed by atoms with van der Waals surface area (Å²) in [6.45, 7) is 1.49. The van der Waals surface area contributed by atoms with Crippen LogP contribution in [0.5, 0.6) is 0 Å². The minimum Gasteiger partial charge on any atom is -0.348 e. The zero-order valence-electron chi connectivity index (χ0n) is 6.37. The van der Waals surface area contributed by atoms with Crippen LogP contribution in [0.15, 0.2) is 12.5 Å². The van der Waals surface area contributed by atoms with E-state index in [0.29, 0.717) is 6.42 Å². The summed E-state index contributed by atoms with van der Waals surface area (Å²) in [5, 5.41) is 0. The third kappa shape index (κ3) is 2.16. The summed E-state index contributed by atoms with van der Waals surface area (Å²) in [6.07, 6.45) is 3.78. The lowest BCUT2D eigenvalue weighted by Gasteiger charge is -2.03. The second-order valence-corrected chi connectivity index (χ2v) is 2.50. The molecule has 1 atom stereocenters. The molecule has 0 aliphatic heterocycles. The maximum absolute atomic E-state index is 10.7. The van der Waals surface area contributed by atoms with Gasteiger partial charge in [-0.25, -0.2) is 4.98 Å². The lowest BCUT2D eigenvalue weighted by Crippen LogP contribution is -2.30. The molecule has 1 heterocycles. The Morgan fingerprint density at radius 1 is 1.91 bits per heavy atom. The molecule has 4 heteroatoms. The lowest BCUT2D eigenvalue weighted by atomic mass is 10.1. The zero-order chi connectivity index (χ0) is 8.27. The fourth-order valence-corrected chi connectivity index (χ4v) is 0.777. The van der Waals surface area contributed by atoms with Crippen molar-refractivity contribution in [1.29, 1.82) is 0 Å². The topological polar surface area (TPSA) is 71.8 Å².